The van der Waals surface area contributed by atoms with Gasteiger partial charge in [0.1, 0.15) is 5.01 Å². The van der Waals surface area contributed by atoms with Crippen molar-refractivity contribution in [1.82, 2.24) is 9.88 Å². The maximum Gasteiger partial charge on any atom is 0.123 e. The van der Waals surface area contributed by atoms with E-state index in [4.69, 9.17) is 5.73 Å². The van der Waals surface area contributed by atoms with E-state index < -0.39 is 0 Å². The molecular formula is C21H23N3S. The van der Waals surface area contributed by atoms with Crippen LogP contribution in [0.4, 0.5) is 0 Å². The third-order valence-corrected chi connectivity index (χ3v) is 5.93. The number of benzene rings is 2. The van der Waals surface area contributed by atoms with Gasteiger partial charge in [-0.25, -0.2) is 4.98 Å². The van der Waals surface area contributed by atoms with Gasteiger partial charge in [-0.3, -0.25) is 4.90 Å². The first-order chi connectivity index (χ1) is 12.2. The van der Waals surface area contributed by atoms with Gasteiger partial charge in [-0.2, -0.15) is 0 Å². The van der Waals surface area contributed by atoms with E-state index in [0.29, 0.717) is 5.92 Å². The molecule has 1 aromatic heterocycles. The highest BCUT2D eigenvalue weighted by Crippen LogP contribution is 2.30. The van der Waals surface area contributed by atoms with E-state index >= 15 is 0 Å². The molecule has 0 unspecified atom stereocenters. The summed E-state index contributed by atoms with van der Waals surface area (Å²) in [5, 5.41) is 1.10. The maximum absolute atomic E-state index is 6.41. The maximum atomic E-state index is 6.41. The summed E-state index contributed by atoms with van der Waals surface area (Å²) in [6.45, 7) is 5.00. The van der Waals surface area contributed by atoms with Crippen molar-refractivity contribution >= 4 is 11.3 Å². The van der Waals surface area contributed by atoms with Crippen LogP contribution >= 0.6 is 11.3 Å². The minimum atomic E-state index is 0.201. The molecule has 1 aliphatic rings. The van der Waals surface area contributed by atoms with Crippen LogP contribution in [0, 0.1) is 6.92 Å². The highest BCUT2D eigenvalue weighted by Gasteiger charge is 2.31. The molecule has 0 amide bonds. The van der Waals surface area contributed by atoms with Crippen LogP contribution in [-0.4, -0.2) is 29.0 Å². The van der Waals surface area contributed by atoms with Crippen LogP contribution in [-0.2, 0) is 6.54 Å². The van der Waals surface area contributed by atoms with Crippen molar-refractivity contribution in [3.05, 3.63) is 76.8 Å². The minimum Gasteiger partial charge on any atom is -0.326 e. The molecule has 3 nitrogen and oxygen atoms in total. The lowest BCUT2D eigenvalue weighted by molar-refractivity contribution is 0.326. The second kappa shape index (κ2) is 7.08. The standard InChI is InChI=1S/C21H23N3S/c1-15-7-9-17(10-8-15)21-23-11-18(25-21)12-24-13-19(20(22)14-24)16-5-3-2-4-6-16/h2-11,19-20H,12-14,22H2,1H3/t19-,20+/m0/s1. The third kappa shape index (κ3) is 3.66. The Labute approximate surface area is 153 Å². The largest absolute Gasteiger partial charge is 0.326 e. The predicted molar refractivity (Wildman–Crippen MR) is 105 cm³/mol. The number of likely N-dealkylation sites (tertiary alicyclic amines) is 1. The molecule has 4 rings (SSSR count). The number of nitrogens with zero attached hydrogens (tertiary/aromatic N) is 2. The molecule has 0 radical (unpaired) electrons. The molecule has 1 aliphatic heterocycles. The molecule has 25 heavy (non-hydrogen) atoms. The van der Waals surface area contributed by atoms with Crippen molar-refractivity contribution in [2.45, 2.75) is 25.4 Å². The Bertz CT molecular complexity index is 826. The fourth-order valence-electron chi connectivity index (χ4n) is 3.53. The van der Waals surface area contributed by atoms with E-state index in [1.807, 2.05) is 6.20 Å². The Morgan fingerprint density at radius 1 is 1.08 bits per heavy atom. The average Bonchev–Trinajstić information content (AvgIpc) is 3.23. The van der Waals surface area contributed by atoms with Gasteiger partial charge in [0.15, 0.2) is 0 Å². The number of aromatic nitrogens is 1. The van der Waals surface area contributed by atoms with Crippen LogP contribution in [0.5, 0.6) is 0 Å². The molecule has 0 saturated carbocycles. The number of aryl methyl sites for hydroxylation is 1. The van der Waals surface area contributed by atoms with Crippen LogP contribution in [0.15, 0.2) is 60.8 Å². The summed E-state index contributed by atoms with van der Waals surface area (Å²) in [6.07, 6.45) is 2.02. The molecule has 0 bridgehead atoms. The van der Waals surface area contributed by atoms with Gasteiger partial charge in [-0.05, 0) is 12.5 Å². The molecular weight excluding hydrogens is 326 g/mol. The van der Waals surface area contributed by atoms with Crippen LogP contribution in [0.25, 0.3) is 10.6 Å². The van der Waals surface area contributed by atoms with Crippen molar-refractivity contribution in [3.63, 3.8) is 0 Å². The molecule has 2 aromatic carbocycles. The fraction of sp³-hybridized carbons (Fsp3) is 0.286. The van der Waals surface area contributed by atoms with Crippen molar-refractivity contribution in [2.75, 3.05) is 13.1 Å². The first kappa shape index (κ1) is 16.5. The first-order valence-corrected chi connectivity index (χ1v) is 9.55. The van der Waals surface area contributed by atoms with E-state index in [9.17, 15) is 0 Å². The fourth-order valence-corrected chi connectivity index (χ4v) is 4.49. The van der Waals surface area contributed by atoms with E-state index in [0.717, 1.165) is 24.6 Å². The van der Waals surface area contributed by atoms with Crippen molar-refractivity contribution in [1.29, 1.82) is 0 Å². The van der Waals surface area contributed by atoms with Gasteiger partial charge in [0.25, 0.3) is 0 Å². The highest BCUT2D eigenvalue weighted by atomic mass is 32.1. The van der Waals surface area contributed by atoms with E-state index in [-0.39, 0.29) is 6.04 Å². The van der Waals surface area contributed by atoms with Gasteiger partial charge in [0.2, 0.25) is 0 Å². The number of nitrogens with two attached hydrogens (primary N) is 1. The molecule has 1 fully saturated rings. The van der Waals surface area contributed by atoms with Crippen molar-refractivity contribution < 1.29 is 0 Å². The summed E-state index contributed by atoms with van der Waals surface area (Å²) >= 11 is 1.78. The summed E-state index contributed by atoms with van der Waals surface area (Å²) in [7, 11) is 0. The Kier molecular flexibility index (Phi) is 4.66. The van der Waals surface area contributed by atoms with Crippen LogP contribution in [0.1, 0.15) is 21.9 Å². The zero-order valence-electron chi connectivity index (χ0n) is 14.4. The molecule has 128 valence electrons. The van der Waals surface area contributed by atoms with E-state index in [1.165, 1.54) is 21.6 Å². The summed E-state index contributed by atoms with van der Waals surface area (Å²) < 4.78 is 0. The summed E-state index contributed by atoms with van der Waals surface area (Å²) in [5.74, 6) is 0.422. The van der Waals surface area contributed by atoms with Crippen LogP contribution < -0.4 is 5.73 Å². The Morgan fingerprint density at radius 3 is 2.60 bits per heavy atom. The lowest BCUT2D eigenvalue weighted by atomic mass is 9.95. The first-order valence-electron chi connectivity index (χ1n) is 8.73. The van der Waals surface area contributed by atoms with Gasteiger partial charge >= 0.3 is 0 Å². The van der Waals surface area contributed by atoms with Crippen LogP contribution in [0.3, 0.4) is 0 Å². The van der Waals surface area contributed by atoms with Gasteiger partial charge in [-0.15, -0.1) is 11.3 Å². The molecule has 0 spiro atoms. The topological polar surface area (TPSA) is 42.2 Å². The van der Waals surface area contributed by atoms with Gasteiger partial charge in [-0.1, -0.05) is 60.2 Å². The minimum absolute atomic E-state index is 0.201. The second-order valence-electron chi connectivity index (χ2n) is 6.87. The average molecular weight is 350 g/mol. The van der Waals surface area contributed by atoms with Gasteiger partial charge in [0, 0.05) is 48.2 Å². The monoisotopic (exact) mass is 349 g/mol. The van der Waals surface area contributed by atoms with E-state index in [2.05, 4.69) is 71.4 Å². The van der Waals surface area contributed by atoms with Gasteiger partial charge < -0.3 is 5.73 Å². The smallest absolute Gasteiger partial charge is 0.123 e. The van der Waals surface area contributed by atoms with Crippen LogP contribution in [0.2, 0.25) is 0 Å². The SMILES string of the molecule is Cc1ccc(-c2ncc(CN3C[C@@H](N)[C@H](c4ccccc4)C3)s2)cc1. The molecule has 3 aromatic rings. The zero-order chi connectivity index (χ0) is 17.2. The highest BCUT2D eigenvalue weighted by molar-refractivity contribution is 7.15. The number of thiazole rings is 1. The Hall–Kier alpha value is -2.01. The molecule has 0 aliphatic carbocycles. The number of rotatable bonds is 4. The second-order valence-corrected chi connectivity index (χ2v) is 7.99. The molecule has 2 N–H and O–H groups in total. The lowest BCUT2D eigenvalue weighted by Crippen LogP contribution is -2.28. The lowest BCUT2D eigenvalue weighted by Gasteiger charge is -2.15. The summed E-state index contributed by atoms with van der Waals surface area (Å²) in [4.78, 5) is 8.37. The molecule has 4 heteroatoms. The van der Waals surface area contributed by atoms with Crippen molar-refractivity contribution in [2.24, 2.45) is 5.73 Å². The predicted octanol–water partition coefficient (Wildman–Crippen LogP) is 4.05. The molecule has 2 heterocycles. The number of hydrogen-bond acceptors (Lipinski definition) is 4. The van der Waals surface area contributed by atoms with Crippen molar-refractivity contribution in [3.8, 4) is 10.6 Å². The summed E-state index contributed by atoms with van der Waals surface area (Å²) in [5.41, 5.74) is 10.2. The van der Waals surface area contributed by atoms with Gasteiger partial charge in [0.05, 0.1) is 0 Å². The zero-order valence-corrected chi connectivity index (χ0v) is 15.2. The Morgan fingerprint density at radius 2 is 1.84 bits per heavy atom. The third-order valence-electron chi connectivity index (χ3n) is 4.90. The quantitative estimate of drug-likeness (QED) is 0.773. The van der Waals surface area contributed by atoms with E-state index in [1.54, 1.807) is 11.3 Å². The molecule has 2 atom stereocenters. The molecule has 1 saturated heterocycles. The normalized spacial score (nSPS) is 20.9. The summed E-state index contributed by atoms with van der Waals surface area (Å²) in [6, 6.07) is 19.4. The number of hydrogen-bond donors (Lipinski definition) is 1. The Balaban J connectivity index is 1.44.